The fraction of sp³-hybridized carbons (Fsp3) is 0.462. The molecule has 0 unspecified atom stereocenters. The number of hydrogen-bond donors (Lipinski definition) is 0. The van der Waals surface area contributed by atoms with E-state index in [0.29, 0.717) is 6.42 Å². The van der Waals surface area contributed by atoms with Crippen molar-refractivity contribution in [3.63, 3.8) is 0 Å². The van der Waals surface area contributed by atoms with E-state index in [1.807, 2.05) is 17.8 Å². The quantitative estimate of drug-likeness (QED) is 0.733. The summed E-state index contributed by atoms with van der Waals surface area (Å²) < 4.78 is 20.3. The van der Waals surface area contributed by atoms with Crippen molar-refractivity contribution in [3.05, 3.63) is 35.4 Å². The van der Waals surface area contributed by atoms with Crippen LogP contribution in [0.2, 0.25) is 0 Å². The summed E-state index contributed by atoms with van der Waals surface area (Å²) in [5.41, 5.74) is 0.822. The molecule has 5 nitrogen and oxygen atoms in total. The van der Waals surface area contributed by atoms with Crippen LogP contribution in [0.3, 0.4) is 0 Å². The van der Waals surface area contributed by atoms with Crippen LogP contribution in [0, 0.1) is 5.82 Å². The van der Waals surface area contributed by atoms with E-state index in [4.69, 9.17) is 4.74 Å². The van der Waals surface area contributed by atoms with E-state index < -0.39 is 0 Å². The van der Waals surface area contributed by atoms with E-state index in [2.05, 4.69) is 22.4 Å². The minimum Gasteiger partial charge on any atom is -0.494 e. The summed E-state index contributed by atoms with van der Waals surface area (Å²) in [6.45, 7) is 2.88. The number of hydrogen-bond acceptors (Lipinski definition) is 5. The molecule has 0 fully saturated rings. The summed E-state index contributed by atoms with van der Waals surface area (Å²) in [5, 5.41) is 11.7. The first-order valence-electron chi connectivity index (χ1n) is 6.39. The first-order valence-corrected chi connectivity index (χ1v) is 7.55. The van der Waals surface area contributed by atoms with Crippen molar-refractivity contribution in [1.29, 1.82) is 0 Å². The van der Waals surface area contributed by atoms with Gasteiger partial charge < -0.3 is 4.74 Å². The Hall–Kier alpha value is -1.63. The summed E-state index contributed by atoms with van der Waals surface area (Å²) in [6, 6.07) is 4.89. The van der Waals surface area contributed by atoms with E-state index in [1.165, 1.54) is 13.2 Å². The van der Waals surface area contributed by atoms with E-state index in [0.717, 1.165) is 29.4 Å². The number of aryl methyl sites for hydroxylation is 1. The van der Waals surface area contributed by atoms with Gasteiger partial charge >= 0.3 is 0 Å². The second-order valence-corrected chi connectivity index (χ2v) is 5.55. The van der Waals surface area contributed by atoms with Gasteiger partial charge in [-0.1, -0.05) is 13.0 Å². The standard InChI is InChI=1S/C13H17FN4OS/c1-3-20-7-6-18-13(15-16-17-18)9-10-4-5-12(19-2)11(14)8-10/h4-5,8H,3,6-7,9H2,1-2H3. The van der Waals surface area contributed by atoms with Crippen molar-refractivity contribution in [2.75, 3.05) is 18.6 Å². The lowest BCUT2D eigenvalue weighted by Crippen LogP contribution is -2.08. The Balaban J connectivity index is 2.06. The molecule has 0 aliphatic heterocycles. The highest BCUT2D eigenvalue weighted by Gasteiger charge is 2.09. The molecule has 1 aromatic heterocycles. The van der Waals surface area contributed by atoms with Crippen LogP contribution >= 0.6 is 11.8 Å². The van der Waals surface area contributed by atoms with E-state index in [9.17, 15) is 4.39 Å². The van der Waals surface area contributed by atoms with Crippen LogP contribution in [0.15, 0.2) is 18.2 Å². The summed E-state index contributed by atoms with van der Waals surface area (Å²) >= 11 is 1.84. The molecule has 0 amide bonds. The van der Waals surface area contributed by atoms with Crippen molar-refractivity contribution in [2.45, 2.75) is 19.9 Å². The van der Waals surface area contributed by atoms with Gasteiger partial charge in [0.25, 0.3) is 0 Å². The average molecular weight is 296 g/mol. The van der Waals surface area contributed by atoms with Gasteiger partial charge in [0.2, 0.25) is 0 Å². The molecule has 1 heterocycles. The predicted octanol–water partition coefficient (Wildman–Crippen LogP) is 2.16. The van der Waals surface area contributed by atoms with E-state index >= 15 is 0 Å². The number of ether oxygens (including phenoxy) is 1. The lowest BCUT2D eigenvalue weighted by Gasteiger charge is -2.06. The Morgan fingerprint density at radius 3 is 2.95 bits per heavy atom. The second-order valence-electron chi connectivity index (χ2n) is 4.16. The normalized spacial score (nSPS) is 10.8. The third-order valence-electron chi connectivity index (χ3n) is 2.84. The molecule has 0 spiro atoms. The van der Waals surface area contributed by atoms with Crippen molar-refractivity contribution < 1.29 is 9.13 Å². The molecule has 0 aliphatic carbocycles. The van der Waals surface area contributed by atoms with E-state index in [1.54, 1.807) is 10.7 Å². The number of methoxy groups -OCH3 is 1. The Kier molecular flexibility index (Phi) is 5.34. The first-order chi connectivity index (χ1) is 9.74. The second kappa shape index (κ2) is 7.23. The van der Waals surface area contributed by atoms with Crippen LogP contribution in [-0.4, -0.2) is 38.8 Å². The van der Waals surface area contributed by atoms with Crippen LogP contribution in [0.5, 0.6) is 5.75 Å². The van der Waals surface area contributed by atoms with Gasteiger partial charge in [-0.05, 0) is 33.9 Å². The SMILES string of the molecule is CCSCCn1nnnc1Cc1ccc(OC)c(F)c1. The van der Waals surface area contributed by atoms with Crippen molar-refractivity contribution >= 4 is 11.8 Å². The summed E-state index contributed by atoms with van der Waals surface area (Å²) in [4.78, 5) is 0. The lowest BCUT2D eigenvalue weighted by molar-refractivity contribution is 0.386. The van der Waals surface area contributed by atoms with E-state index in [-0.39, 0.29) is 11.6 Å². The molecular formula is C13H17FN4OS. The number of aromatic nitrogens is 4. The molecule has 0 aliphatic rings. The van der Waals surface area contributed by atoms with Gasteiger partial charge in [0, 0.05) is 12.2 Å². The maximum Gasteiger partial charge on any atom is 0.165 e. The van der Waals surface area contributed by atoms with Gasteiger partial charge in [-0.2, -0.15) is 11.8 Å². The minimum atomic E-state index is -0.370. The minimum absolute atomic E-state index is 0.243. The van der Waals surface area contributed by atoms with Crippen LogP contribution in [-0.2, 0) is 13.0 Å². The molecule has 0 saturated heterocycles. The van der Waals surface area contributed by atoms with Gasteiger partial charge in [-0.25, -0.2) is 9.07 Å². The number of halogens is 1. The van der Waals surface area contributed by atoms with Crippen LogP contribution in [0.25, 0.3) is 0 Å². The zero-order chi connectivity index (χ0) is 14.4. The molecule has 0 bridgehead atoms. The van der Waals surface area contributed by atoms with Crippen molar-refractivity contribution in [1.82, 2.24) is 20.2 Å². The highest BCUT2D eigenvalue weighted by molar-refractivity contribution is 7.99. The predicted molar refractivity (Wildman–Crippen MR) is 76.6 cm³/mol. The number of thioether (sulfide) groups is 1. The smallest absolute Gasteiger partial charge is 0.165 e. The maximum atomic E-state index is 13.6. The Morgan fingerprint density at radius 1 is 1.40 bits per heavy atom. The van der Waals surface area contributed by atoms with Crippen LogP contribution in [0.4, 0.5) is 4.39 Å². The Bertz CT molecular complexity index is 561. The third-order valence-corrected chi connectivity index (χ3v) is 3.72. The van der Waals surface area contributed by atoms with Gasteiger partial charge in [0.15, 0.2) is 17.4 Å². The highest BCUT2D eigenvalue weighted by Crippen LogP contribution is 2.19. The number of tetrazole rings is 1. The van der Waals surface area contributed by atoms with Gasteiger partial charge in [0.05, 0.1) is 13.7 Å². The molecular weight excluding hydrogens is 279 g/mol. The number of nitrogens with zero attached hydrogens (tertiary/aromatic N) is 4. The molecule has 0 radical (unpaired) electrons. The van der Waals surface area contributed by atoms with Gasteiger partial charge in [-0.15, -0.1) is 5.10 Å². The zero-order valence-corrected chi connectivity index (χ0v) is 12.4. The molecule has 7 heteroatoms. The monoisotopic (exact) mass is 296 g/mol. The number of rotatable bonds is 7. The third kappa shape index (κ3) is 3.69. The molecule has 0 atom stereocenters. The molecule has 2 aromatic rings. The molecule has 0 N–H and O–H groups in total. The first kappa shape index (κ1) is 14.8. The fourth-order valence-corrected chi connectivity index (χ4v) is 2.41. The zero-order valence-electron chi connectivity index (χ0n) is 11.5. The van der Waals surface area contributed by atoms with Crippen molar-refractivity contribution in [3.8, 4) is 5.75 Å². The molecule has 0 saturated carbocycles. The topological polar surface area (TPSA) is 52.8 Å². The Labute approximate surface area is 121 Å². The lowest BCUT2D eigenvalue weighted by atomic mass is 10.1. The molecule has 20 heavy (non-hydrogen) atoms. The number of benzene rings is 1. The molecule has 108 valence electrons. The van der Waals surface area contributed by atoms with Gasteiger partial charge in [0.1, 0.15) is 0 Å². The summed E-state index contributed by atoms with van der Waals surface area (Å²) in [6.07, 6.45) is 0.505. The summed E-state index contributed by atoms with van der Waals surface area (Å²) in [5.74, 6) is 2.65. The molecule has 2 rings (SSSR count). The van der Waals surface area contributed by atoms with Crippen LogP contribution < -0.4 is 4.74 Å². The fourth-order valence-electron chi connectivity index (χ4n) is 1.82. The average Bonchev–Trinajstić information content (AvgIpc) is 2.87. The van der Waals surface area contributed by atoms with Gasteiger partial charge in [-0.3, -0.25) is 0 Å². The largest absolute Gasteiger partial charge is 0.494 e. The Morgan fingerprint density at radius 2 is 2.25 bits per heavy atom. The van der Waals surface area contributed by atoms with Crippen LogP contribution in [0.1, 0.15) is 18.3 Å². The highest BCUT2D eigenvalue weighted by atomic mass is 32.2. The maximum absolute atomic E-state index is 13.6. The summed E-state index contributed by atoms with van der Waals surface area (Å²) in [7, 11) is 1.45. The van der Waals surface area contributed by atoms with Crippen molar-refractivity contribution in [2.24, 2.45) is 0 Å². The molecule has 1 aromatic carbocycles.